The molecule has 0 bridgehead atoms. The molecule has 3 N–H and O–H groups in total. The van der Waals surface area contributed by atoms with E-state index in [0.29, 0.717) is 24.6 Å². The van der Waals surface area contributed by atoms with Crippen LogP contribution in [0.4, 0.5) is 0 Å². The molecule has 18 heavy (non-hydrogen) atoms. The van der Waals surface area contributed by atoms with Gasteiger partial charge in [0.2, 0.25) is 6.10 Å². The third-order valence-corrected chi connectivity index (χ3v) is 2.78. The summed E-state index contributed by atoms with van der Waals surface area (Å²) in [4.78, 5) is 11.9. The predicted molar refractivity (Wildman–Crippen MR) is 67.6 cm³/mol. The van der Waals surface area contributed by atoms with E-state index >= 15 is 0 Å². The molecule has 0 fully saturated rings. The van der Waals surface area contributed by atoms with E-state index in [1.807, 2.05) is 25.1 Å². The number of nitrogens with two attached hydrogens (primary N) is 1. The fourth-order valence-corrected chi connectivity index (χ4v) is 1.82. The molecule has 2 unspecified atom stereocenters. The van der Waals surface area contributed by atoms with Gasteiger partial charge in [-0.2, -0.15) is 0 Å². The lowest BCUT2D eigenvalue weighted by molar-refractivity contribution is -0.133. The van der Waals surface area contributed by atoms with Crippen LogP contribution < -0.4 is 20.5 Å². The van der Waals surface area contributed by atoms with Gasteiger partial charge < -0.3 is 20.5 Å². The number of benzene rings is 1. The molecule has 1 aliphatic rings. The summed E-state index contributed by atoms with van der Waals surface area (Å²) in [5, 5.41) is 2.79. The highest BCUT2D eigenvalue weighted by atomic mass is 16.6. The monoisotopic (exact) mass is 250 g/mol. The van der Waals surface area contributed by atoms with E-state index in [0.717, 1.165) is 6.42 Å². The quantitative estimate of drug-likeness (QED) is 0.771. The Kier molecular flexibility index (Phi) is 4.04. The van der Waals surface area contributed by atoms with E-state index in [4.69, 9.17) is 15.2 Å². The van der Waals surface area contributed by atoms with Crippen molar-refractivity contribution in [1.82, 2.24) is 5.32 Å². The summed E-state index contributed by atoms with van der Waals surface area (Å²) >= 11 is 0. The smallest absolute Gasteiger partial charge is 0.265 e. The highest BCUT2D eigenvalue weighted by Gasteiger charge is 2.33. The van der Waals surface area contributed by atoms with Crippen LogP contribution in [0.25, 0.3) is 0 Å². The molecule has 1 aliphatic heterocycles. The Morgan fingerprint density at radius 3 is 2.67 bits per heavy atom. The van der Waals surface area contributed by atoms with E-state index in [2.05, 4.69) is 5.32 Å². The first-order valence-electron chi connectivity index (χ1n) is 6.12. The number of hydrogen-bond donors (Lipinski definition) is 2. The lowest BCUT2D eigenvalue weighted by Crippen LogP contribution is -2.49. The SMILES string of the molecule is CC1Oc2ccccc2OC1C(=O)NCCCN. The van der Waals surface area contributed by atoms with Crippen LogP contribution >= 0.6 is 0 Å². The first kappa shape index (κ1) is 12.7. The normalized spacial score (nSPS) is 21.4. The maximum atomic E-state index is 11.9. The maximum absolute atomic E-state index is 11.9. The zero-order chi connectivity index (χ0) is 13.0. The van der Waals surface area contributed by atoms with Crippen LogP contribution in [0, 0.1) is 0 Å². The molecule has 0 saturated heterocycles. The van der Waals surface area contributed by atoms with E-state index in [-0.39, 0.29) is 12.0 Å². The molecule has 1 heterocycles. The molecule has 0 radical (unpaired) electrons. The van der Waals surface area contributed by atoms with Gasteiger partial charge in [0.25, 0.3) is 5.91 Å². The molecule has 5 heteroatoms. The van der Waals surface area contributed by atoms with Gasteiger partial charge >= 0.3 is 0 Å². The van der Waals surface area contributed by atoms with Gasteiger partial charge in [-0.1, -0.05) is 12.1 Å². The van der Waals surface area contributed by atoms with Crippen molar-refractivity contribution in [3.8, 4) is 11.5 Å². The molecule has 5 nitrogen and oxygen atoms in total. The molecule has 1 aromatic carbocycles. The van der Waals surface area contributed by atoms with Crippen molar-refractivity contribution in [3.05, 3.63) is 24.3 Å². The summed E-state index contributed by atoms with van der Waals surface area (Å²) in [5.74, 6) is 1.12. The van der Waals surface area contributed by atoms with Gasteiger partial charge in [-0.3, -0.25) is 4.79 Å². The molecule has 0 aliphatic carbocycles. The predicted octanol–water partition coefficient (Wildman–Crippen LogP) is 0.680. The summed E-state index contributed by atoms with van der Waals surface area (Å²) < 4.78 is 11.3. The average molecular weight is 250 g/mol. The molecule has 1 amide bonds. The van der Waals surface area contributed by atoms with Gasteiger partial charge in [0.15, 0.2) is 11.5 Å². The zero-order valence-corrected chi connectivity index (χ0v) is 10.4. The number of nitrogens with one attached hydrogen (secondary N) is 1. The number of ether oxygens (including phenoxy) is 2. The third-order valence-electron chi connectivity index (χ3n) is 2.78. The minimum atomic E-state index is -0.613. The van der Waals surface area contributed by atoms with Gasteiger partial charge in [0.05, 0.1) is 0 Å². The number of hydrogen-bond acceptors (Lipinski definition) is 4. The van der Waals surface area contributed by atoms with Crippen molar-refractivity contribution in [1.29, 1.82) is 0 Å². The number of para-hydroxylation sites is 2. The Labute approximate surface area is 106 Å². The minimum absolute atomic E-state index is 0.162. The summed E-state index contributed by atoms with van der Waals surface area (Å²) in [6, 6.07) is 7.34. The van der Waals surface area contributed by atoms with E-state index in [1.165, 1.54) is 0 Å². The Morgan fingerprint density at radius 2 is 2.00 bits per heavy atom. The molecule has 0 saturated carbocycles. The molecule has 2 rings (SSSR count). The molecule has 2 atom stereocenters. The molecule has 1 aromatic rings. The first-order valence-corrected chi connectivity index (χ1v) is 6.12. The Hall–Kier alpha value is -1.75. The molecular formula is C13H18N2O3. The number of carbonyl (C=O) groups excluding carboxylic acids is 1. The van der Waals surface area contributed by atoms with Crippen molar-refractivity contribution in [2.45, 2.75) is 25.6 Å². The Bertz CT molecular complexity index is 422. The van der Waals surface area contributed by atoms with E-state index in [9.17, 15) is 4.79 Å². The van der Waals surface area contributed by atoms with Crippen LogP contribution in [-0.2, 0) is 4.79 Å². The van der Waals surface area contributed by atoms with Gasteiger partial charge in [0.1, 0.15) is 6.10 Å². The second-order valence-corrected chi connectivity index (χ2v) is 4.24. The van der Waals surface area contributed by atoms with Crippen molar-refractivity contribution in [2.75, 3.05) is 13.1 Å². The minimum Gasteiger partial charge on any atom is -0.482 e. The Balaban J connectivity index is 2.00. The topological polar surface area (TPSA) is 73.6 Å². The summed E-state index contributed by atoms with van der Waals surface area (Å²) in [6.45, 7) is 2.94. The van der Waals surface area contributed by atoms with E-state index < -0.39 is 6.10 Å². The lowest BCUT2D eigenvalue weighted by atomic mass is 10.1. The standard InChI is InChI=1S/C13H18N2O3/c1-9-12(13(16)15-8-4-7-14)18-11-6-3-2-5-10(11)17-9/h2-3,5-6,9,12H,4,7-8,14H2,1H3,(H,15,16). The maximum Gasteiger partial charge on any atom is 0.265 e. The van der Waals surface area contributed by atoms with Crippen LogP contribution in [0.3, 0.4) is 0 Å². The van der Waals surface area contributed by atoms with Crippen LogP contribution in [0.2, 0.25) is 0 Å². The van der Waals surface area contributed by atoms with Crippen LogP contribution in [0.5, 0.6) is 11.5 Å². The molecular weight excluding hydrogens is 232 g/mol. The molecule has 0 spiro atoms. The van der Waals surface area contributed by atoms with Crippen LogP contribution in [0.15, 0.2) is 24.3 Å². The Morgan fingerprint density at radius 1 is 1.33 bits per heavy atom. The first-order chi connectivity index (χ1) is 8.72. The fraction of sp³-hybridized carbons (Fsp3) is 0.462. The number of amides is 1. The second-order valence-electron chi connectivity index (χ2n) is 4.24. The lowest BCUT2D eigenvalue weighted by Gasteiger charge is -2.31. The van der Waals surface area contributed by atoms with Crippen LogP contribution in [-0.4, -0.2) is 31.2 Å². The largest absolute Gasteiger partial charge is 0.482 e. The highest BCUT2D eigenvalue weighted by molar-refractivity contribution is 5.82. The number of fused-ring (bicyclic) bond motifs is 1. The van der Waals surface area contributed by atoms with Crippen molar-refractivity contribution in [2.24, 2.45) is 5.73 Å². The highest BCUT2D eigenvalue weighted by Crippen LogP contribution is 2.33. The van der Waals surface area contributed by atoms with Gasteiger partial charge in [-0.15, -0.1) is 0 Å². The molecule has 0 aromatic heterocycles. The second kappa shape index (κ2) is 5.73. The fourth-order valence-electron chi connectivity index (χ4n) is 1.82. The number of carbonyl (C=O) groups is 1. The van der Waals surface area contributed by atoms with Gasteiger partial charge in [-0.25, -0.2) is 0 Å². The summed E-state index contributed by atoms with van der Waals surface area (Å²) in [5.41, 5.74) is 5.38. The third kappa shape index (κ3) is 2.73. The average Bonchev–Trinajstić information content (AvgIpc) is 2.38. The van der Waals surface area contributed by atoms with Crippen molar-refractivity contribution in [3.63, 3.8) is 0 Å². The van der Waals surface area contributed by atoms with Gasteiger partial charge in [-0.05, 0) is 32.0 Å². The number of rotatable bonds is 4. The van der Waals surface area contributed by atoms with Crippen molar-refractivity contribution >= 4 is 5.91 Å². The van der Waals surface area contributed by atoms with Crippen molar-refractivity contribution < 1.29 is 14.3 Å². The van der Waals surface area contributed by atoms with Crippen LogP contribution in [0.1, 0.15) is 13.3 Å². The summed E-state index contributed by atoms with van der Waals surface area (Å²) in [7, 11) is 0. The zero-order valence-electron chi connectivity index (χ0n) is 10.4. The van der Waals surface area contributed by atoms with E-state index in [1.54, 1.807) is 6.07 Å². The molecule has 98 valence electrons. The van der Waals surface area contributed by atoms with Gasteiger partial charge in [0, 0.05) is 6.54 Å². The summed E-state index contributed by atoms with van der Waals surface area (Å²) in [6.07, 6.45) is -0.167.